The minimum atomic E-state index is -2.41. The van der Waals surface area contributed by atoms with E-state index in [4.69, 9.17) is 0 Å². The first-order chi connectivity index (χ1) is 12.5. The Labute approximate surface area is 153 Å². The van der Waals surface area contributed by atoms with E-state index in [0.717, 1.165) is 21.6 Å². The average molecular weight is 408 g/mol. The fraction of sp³-hybridized carbons (Fsp3) is 0.800. The van der Waals surface area contributed by atoms with Gasteiger partial charge in [0.2, 0.25) is 11.8 Å². The van der Waals surface area contributed by atoms with Crippen LogP contribution in [0, 0.1) is 40.5 Å². The molecule has 2 aliphatic heterocycles. The topological polar surface area (TPSA) is 213 Å². The van der Waals surface area contributed by atoms with Crippen LogP contribution >= 0.6 is 11.8 Å². The standard InChI is InChI=1S/C10H12N6O10S/c17-7(11-3-9(4-11,13(19)20)14(21)22)1-27-2-8(18)12-5-10(6-12,15(23)24)16(25)26/h1-6H2. The van der Waals surface area contributed by atoms with Crippen LogP contribution in [0.15, 0.2) is 0 Å². The highest BCUT2D eigenvalue weighted by molar-refractivity contribution is 8.00. The average Bonchev–Trinajstić information content (AvgIpc) is 2.43. The van der Waals surface area contributed by atoms with Crippen LogP contribution in [0.3, 0.4) is 0 Å². The van der Waals surface area contributed by atoms with Crippen LogP contribution < -0.4 is 0 Å². The summed E-state index contributed by atoms with van der Waals surface area (Å²) in [5.74, 6) is -1.86. The smallest absolute Gasteiger partial charge is 0.313 e. The Hall–Kier alpha value is -3.11. The lowest BCUT2D eigenvalue weighted by molar-refractivity contribution is -0.809. The number of rotatable bonds is 8. The van der Waals surface area contributed by atoms with Crippen molar-refractivity contribution in [2.45, 2.75) is 11.3 Å². The number of carbonyl (C=O) groups excluding carboxylic acids is 2. The predicted octanol–water partition coefficient (Wildman–Crippen LogP) is -2.10. The van der Waals surface area contributed by atoms with Crippen LogP contribution in [0.2, 0.25) is 0 Å². The lowest BCUT2D eigenvalue weighted by Gasteiger charge is -2.36. The van der Waals surface area contributed by atoms with E-state index in [1.807, 2.05) is 0 Å². The van der Waals surface area contributed by atoms with E-state index in [2.05, 4.69) is 0 Å². The van der Waals surface area contributed by atoms with Gasteiger partial charge < -0.3 is 9.80 Å². The zero-order valence-electron chi connectivity index (χ0n) is 13.4. The molecule has 0 atom stereocenters. The van der Waals surface area contributed by atoms with E-state index < -0.39 is 69.0 Å². The predicted molar refractivity (Wildman–Crippen MR) is 83.9 cm³/mol. The molecule has 2 fully saturated rings. The van der Waals surface area contributed by atoms with Gasteiger partial charge in [-0.05, 0) is 0 Å². The maximum atomic E-state index is 11.8. The second kappa shape index (κ2) is 6.89. The number of nitro groups is 4. The van der Waals surface area contributed by atoms with Gasteiger partial charge in [-0.2, -0.15) is 0 Å². The SMILES string of the molecule is O=C(CSCC(=O)N1CC([N+](=O)[O-])([N+](=O)[O-])C1)N1CC([N+](=O)[O-])([N+](=O)[O-])C1. The van der Waals surface area contributed by atoms with Crippen molar-refractivity contribution in [1.29, 1.82) is 0 Å². The molecular weight excluding hydrogens is 396 g/mol. The van der Waals surface area contributed by atoms with Gasteiger partial charge in [0, 0.05) is 0 Å². The molecule has 148 valence electrons. The van der Waals surface area contributed by atoms with Gasteiger partial charge in [0.1, 0.15) is 19.7 Å². The maximum Gasteiger partial charge on any atom is 0.492 e. The van der Waals surface area contributed by atoms with Crippen LogP contribution in [0.25, 0.3) is 0 Å². The van der Waals surface area contributed by atoms with E-state index in [0.29, 0.717) is 0 Å². The van der Waals surface area contributed by atoms with Gasteiger partial charge in [0.05, 0.1) is 11.5 Å². The van der Waals surface area contributed by atoms with Gasteiger partial charge in [-0.1, -0.05) is 0 Å². The Morgan fingerprint density at radius 3 is 1.19 bits per heavy atom. The highest BCUT2D eigenvalue weighted by Gasteiger charge is 2.68. The lowest BCUT2D eigenvalue weighted by Crippen LogP contribution is -2.71. The van der Waals surface area contributed by atoms with Crippen molar-refractivity contribution in [3.63, 3.8) is 0 Å². The third-order valence-electron chi connectivity index (χ3n) is 4.29. The minimum Gasteiger partial charge on any atom is -0.313 e. The monoisotopic (exact) mass is 408 g/mol. The normalized spacial score (nSPS) is 19.4. The molecule has 0 saturated carbocycles. The molecule has 0 N–H and O–H groups in total. The second-order valence-corrected chi connectivity index (χ2v) is 6.97. The largest absolute Gasteiger partial charge is 0.492 e. The summed E-state index contributed by atoms with van der Waals surface area (Å²) in [6.45, 7) is -2.72. The first kappa shape index (κ1) is 20.2. The van der Waals surface area contributed by atoms with Crippen LogP contribution in [0.1, 0.15) is 0 Å². The van der Waals surface area contributed by atoms with Crippen molar-refractivity contribution in [3.05, 3.63) is 40.5 Å². The zero-order valence-corrected chi connectivity index (χ0v) is 14.2. The Balaban J connectivity index is 1.75. The molecule has 0 radical (unpaired) electrons. The second-order valence-electron chi connectivity index (χ2n) is 5.99. The molecule has 2 heterocycles. The molecule has 17 heteroatoms. The molecule has 16 nitrogen and oxygen atoms in total. The third kappa shape index (κ3) is 3.32. The molecule has 0 unspecified atom stereocenters. The molecule has 0 bridgehead atoms. The first-order valence-corrected chi connectivity index (χ1v) is 8.33. The van der Waals surface area contributed by atoms with E-state index in [9.17, 15) is 50.0 Å². The number of nitrogens with zero attached hydrogens (tertiary/aromatic N) is 6. The van der Waals surface area contributed by atoms with Crippen LogP contribution in [-0.2, 0) is 9.59 Å². The fourth-order valence-corrected chi connectivity index (χ4v) is 3.30. The van der Waals surface area contributed by atoms with Crippen molar-refractivity contribution < 1.29 is 29.3 Å². The van der Waals surface area contributed by atoms with E-state index in [1.54, 1.807) is 0 Å². The number of carbonyl (C=O) groups is 2. The number of thioether (sulfide) groups is 1. The van der Waals surface area contributed by atoms with E-state index in [-0.39, 0.29) is 11.5 Å². The minimum absolute atomic E-state index is 0.291. The molecule has 2 saturated heterocycles. The number of amides is 2. The van der Waals surface area contributed by atoms with Crippen LogP contribution in [0.4, 0.5) is 0 Å². The fourth-order valence-electron chi connectivity index (χ4n) is 2.49. The van der Waals surface area contributed by atoms with Gasteiger partial charge in [0.25, 0.3) is 0 Å². The van der Waals surface area contributed by atoms with Crippen molar-refractivity contribution in [1.82, 2.24) is 9.80 Å². The zero-order chi connectivity index (χ0) is 20.6. The molecule has 27 heavy (non-hydrogen) atoms. The molecule has 0 aromatic carbocycles. The highest BCUT2D eigenvalue weighted by atomic mass is 32.2. The number of hydrogen-bond acceptors (Lipinski definition) is 11. The summed E-state index contributed by atoms with van der Waals surface area (Å²) in [7, 11) is 0. The Kier molecular flexibility index (Phi) is 5.16. The summed E-state index contributed by atoms with van der Waals surface area (Å²) in [6.07, 6.45) is 0. The number of hydrogen-bond donors (Lipinski definition) is 0. The van der Waals surface area contributed by atoms with E-state index >= 15 is 0 Å². The molecule has 2 aliphatic rings. The van der Waals surface area contributed by atoms with E-state index in [1.165, 1.54) is 0 Å². The Morgan fingerprint density at radius 1 is 0.704 bits per heavy atom. The van der Waals surface area contributed by atoms with Crippen molar-refractivity contribution in [2.75, 3.05) is 37.7 Å². The van der Waals surface area contributed by atoms with Crippen molar-refractivity contribution in [3.8, 4) is 0 Å². The number of likely N-dealkylation sites (tertiary alicyclic amines) is 2. The van der Waals surface area contributed by atoms with Crippen molar-refractivity contribution in [2.24, 2.45) is 0 Å². The quantitative estimate of drug-likeness (QED) is 0.241. The summed E-state index contributed by atoms with van der Waals surface area (Å²) in [4.78, 5) is 64.3. The molecule has 2 rings (SSSR count). The van der Waals surface area contributed by atoms with Crippen molar-refractivity contribution >= 4 is 23.6 Å². The third-order valence-corrected chi connectivity index (χ3v) is 5.19. The summed E-state index contributed by atoms with van der Waals surface area (Å²) < 4.78 is 0. The first-order valence-electron chi connectivity index (χ1n) is 7.17. The molecule has 0 aromatic heterocycles. The summed E-state index contributed by atoms with van der Waals surface area (Å²) >= 11 is 0.797. The molecule has 0 aromatic rings. The molecule has 0 spiro atoms. The maximum absolute atomic E-state index is 11.8. The molecule has 0 aliphatic carbocycles. The summed E-state index contributed by atoms with van der Waals surface area (Å²) in [5.41, 5.74) is -4.83. The summed E-state index contributed by atoms with van der Waals surface area (Å²) in [6, 6.07) is 0. The Bertz CT molecular complexity index is 638. The van der Waals surface area contributed by atoms with Gasteiger partial charge >= 0.3 is 11.3 Å². The Morgan fingerprint density at radius 2 is 0.963 bits per heavy atom. The van der Waals surface area contributed by atoms with Gasteiger partial charge in [-0.3, -0.25) is 50.0 Å². The summed E-state index contributed by atoms with van der Waals surface area (Å²) in [5, 5.41) is 43.0. The highest BCUT2D eigenvalue weighted by Crippen LogP contribution is 2.27. The van der Waals surface area contributed by atoms with Gasteiger partial charge in [0.15, 0.2) is 26.2 Å². The van der Waals surface area contributed by atoms with Gasteiger partial charge in [-0.15, -0.1) is 11.8 Å². The molecular formula is C10H12N6O10S. The van der Waals surface area contributed by atoms with Crippen LogP contribution in [-0.4, -0.2) is 90.3 Å². The van der Waals surface area contributed by atoms with Crippen LogP contribution in [0.5, 0.6) is 0 Å². The van der Waals surface area contributed by atoms with Gasteiger partial charge in [-0.25, -0.2) is 0 Å². The lowest BCUT2D eigenvalue weighted by atomic mass is 10.0. The molecule has 2 amide bonds.